The average Bonchev–Trinajstić information content (AvgIpc) is 3.04. The lowest BCUT2D eigenvalue weighted by Gasteiger charge is -2.31. The predicted octanol–water partition coefficient (Wildman–Crippen LogP) is -2.09. The molecule has 1 fully saturated rings. The van der Waals surface area contributed by atoms with Gasteiger partial charge in [0.05, 0.1) is 5.92 Å². The summed E-state index contributed by atoms with van der Waals surface area (Å²) in [6.07, 6.45) is 5.90. The van der Waals surface area contributed by atoms with Crippen molar-refractivity contribution in [3.63, 3.8) is 0 Å². The summed E-state index contributed by atoms with van der Waals surface area (Å²) in [6.45, 7) is 0.904. The Bertz CT molecular complexity index is 812. The fraction of sp³-hybridized carbons (Fsp3) is 0.312. The molecule has 4 N–H and O–H groups in total. The highest BCUT2D eigenvalue weighted by Crippen LogP contribution is 2.17. The fourth-order valence-corrected chi connectivity index (χ4v) is 2.88. The van der Waals surface area contributed by atoms with Crippen molar-refractivity contribution in [2.75, 3.05) is 13.1 Å². The highest BCUT2D eigenvalue weighted by Gasteiger charge is 2.39. The third-order valence-corrected chi connectivity index (χ3v) is 4.23. The van der Waals surface area contributed by atoms with E-state index in [0.717, 1.165) is 10.4 Å². The number of carbonyl (C=O) groups excluding carboxylic acids is 2. The van der Waals surface area contributed by atoms with Crippen molar-refractivity contribution in [2.45, 2.75) is 12.1 Å². The lowest BCUT2D eigenvalue weighted by Crippen LogP contribution is -2.67. The van der Waals surface area contributed by atoms with E-state index in [0.29, 0.717) is 19.5 Å². The van der Waals surface area contributed by atoms with Crippen molar-refractivity contribution in [3.8, 4) is 6.19 Å². The molecule has 2 heterocycles. The molecule has 1 aromatic carbocycles. The molecule has 0 aromatic heterocycles. The number of hydrogen-bond donors (Lipinski definition) is 3. The van der Waals surface area contributed by atoms with Crippen molar-refractivity contribution < 1.29 is 9.59 Å². The Hall–Kier alpha value is -3.01. The van der Waals surface area contributed by atoms with Gasteiger partial charge in [0.25, 0.3) is 5.91 Å². The van der Waals surface area contributed by atoms with Crippen molar-refractivity contribution in [1.82, 2.24) is 15.5 Å². The standard InChI is InChI=1S/C16H17N5O2/c17-10-21-6-5-13(9-21)14(22)20-16(15(18)23)7-11-3-1-2-4-12(11)8-19-16/h1-4,7-8,13,19H,5-6,9H2,(H2,18,23)(H,20,22)/t13?,16-/m0/s1. The van der Waals surface area contributed by atoms with Crippen LogP contribution in [0.15, 0.2) is 24.3 Å². The molecular formula is C16H17N5O2. The molecule has 0 saturated carbocycles. The van der Waals surface area contributed by atoms with Crippen molar-refractivity contribution in [2.24, 2.45) is 11.7 Å². The van der Waals surface area contributed by atoms with Gasteiger partial charge in [-0.05, 0) is 22.9 Å². The zero-order chi connectivity index (χ0) is 16.4. The zero-order valence-electron chi connectivity index (χ0n) is 12.5. The fourth-order valence-electron chi connectivity index (χ4n) is 2.88. The van der Waals surface area contributed by atoms with Gasteiger partial charge in [0.15, 0.2) is 6.19 Å². The molecule has 0 bridgehead atoms. The highest BCUT2D eigenvalue weighted by molar-refractivity contribution is 5.97. The van der Waals surface area contributed by atoms with Gasteiger partial charge in [-0.1, -0.05) is 24.3 Å². The topological polar surface area (TPSA) is 111 Å². The van der Waals surface area contributed by atoms with Crippen LogP contribution < -0.4 is 26.8 Å². The summed E-state index contributed by atoms with van der Waals surface area (Å²) in [7, 11) is 0. The van der Waals surface area contributed by atoms with Gasteiger partial charge in [-0.25, -0.2) is 0 Å². The molecule has 1 saturated heterocycles. The summed E-state index contributed by atoms with van der Waals surface area (Å²) in [5, 5.41) is 16.2. The molecule has 2 aliphatic rings. The molecule has 2 amide bonds. The molecule has 1 unspecified atom stereocenters. The Morgan fingerprint density at radius 2 is 2.13 bits per heavy atom. The third kappa shape index (κ3) is 2.71. The lowest BCUT2D eigenvalue weighted by molar-refractivity contribution is -0.132. The van der Waals surface area contributed by atoms with Gasteiger partial charge in [-0.2, -0.15) is 5.26 Å². The summed E-state index contributed by atoms with van der Waals surface area (Å²) >= 11 is 0. The maximum atomic E-state index is 12.5. The van der Waals surface area contributed by atoms with Crippen molar-refractivity contribution in [1.29, 1.82) is 5.26 Å². The van der Waals surface area contributed by atoms with Crippen LogP contribution in [0.1, 0.15) is 6.42 Å². The SMILES string of the molecule is N#CN1CCC(C(=O)N[C@]2(C(N)=O)C=c3ccccc3=CN2)C1. The monoisotopic (exact) mass is 311 g/mol. The first-order valence-electron chi connectivity index (χ1n) is 7.36. The van der Waals surface area contributed by atoms with Crippen molar-refractivity contribution in [3.05, 3.63) is 34.7 Å². The number of benzene rings is 1. The Morgan fingerprint density at radius 3 is 2.78 bits per heavy atom. The number of nitrogens with zero attached hydrogens (tertiary/aromatic N) is 2. The quantitative estimate of drug-likeness (QED) is 0.554. The minimum atomic E-state index is -1.45. The highest BCUT2D eigenvalue weighted by atomic mass is 16.2. The van der Waals surface area contributed by atoms with Gasteiger partial charge in [0.1, 0.15) is 0 Å². The first-order valence-corrected chi connectivity index (χ1v) is 7.36. The summed E-state index contributed by atoms with van der Waals surface area (Å²) < 4.78 is 0. The Morgan fingerprint density at radius 1 is 1.39 bits per heavy atom. The number of amides is 2. The van der Waals surface area contributed by atoms with E-state index in [1.54, 1.807) is 12.3 Å². The molecule has 1 aromatic rings. The van der Waals surface area contributed by atoms with E-state index in [-0.39, 0.29) is 11.8 Å². The van der Waals surface area contributed by atoms with Gasteiger partial charge in [-0.3, -0.25) is 9.59 Å². The van der Waals surface area contributed by atoms with E-state index in [1.165, 1.54) is 4.90 Å². The van der Waals surface area contributed by atoms with Crippen LogP contribution in [0.4, 0.5) is 0 Å². The third-order valence-electron chi connectivity index (χ3n) is 4.23. The number of likely N-dealkylation sites (tertiary alicyclic amines) is 1. The first-order chi connectivity index (χ1) is 11.0. The molecule has 2 atom stereocenters. The van der Waals surface area contributed by atoms with Crippen LogP contribution in [0.25, 0.3) is 12.3 Å². The van der Waals surface area contributed by atoms with E-state index < -0.39 is 11.6 Å². The molecule has 7 nitrogen and oxygen atoms in total. The van der Waals surface area contributed by atoms with Gasteiger partial charge < -0.3 is 21.3 Å². The van der Waals surface area contributed by atoms with E-state index in [1.807, 2.05) is 30.5 Å². The molecule has 23 heavy (non-hydrogen) atoms. The first kappa shape index (κ1) is 14.9. The van der Waals surface area contributed by atoms with Crippen LogP contribution in [0.3, 0.4) is 0 Å². The van der Waals surface area contributed by atoms with Crippen LogP contribution in [0.2, 0.25) is 0 Å². The summed E-state index contributed by atoms with van der Waals surface area (Å²) in [6, 6.07) is 7.48. The average molecular weight is 311 g/mol. The second kappa shape index (κ2) is 5.65. The van der Waals surface area contributed by atoms with Crippen LogP contribution >= 0.6 is 0 Å². The number of fused-ring (bicyclic) bond motifs is 1. The van der Waals surface area contributed by atoms with Gasteiger partial charge in [0, 0.05) is 19.3 Å². The van der Waals surface area contributed by atoms with Crippen LogP contribution in [0, 0.1) is 17.4 Å². The predicted molar refractivity (Wildman–Crippen MR) is 83.1 cm³/mol. The minimum absolute atomic E-state index is 0.293. The number of nitrogens with one attached hydrogen (secondary N) is 2. The number of rotatable bonds is 3. The number of hydrogen-bond acceptors (Lipinski definition) is 5. The van der Waals surface area contributed by atoms with Crippen LogP contribution in [0.5, 0.6) is 0 Å². The minimum Gasteiger partial charge on any atom is -0.366 e. The summed E-state index contributed by atoms with van der Waals surface area (Å²) in [4.78, 5) is 26.0. The zero-order valence-corrected chi connectivity index (χ0v) is 12.5. The molecule has 3 rings (SSSR count). The molecule has 0 radical (unpaired) electrons. The molecule has 0 aliphatic carbocycles. The molecule has 118 valence electrons. The number of carbonyl (C=O) groups is 2. The number of primary amides is 1. The molecule has 7 heteroatoms. The molecule has 0 spiro atoms. The summed E-state index contributed by atoms with van der Waals surface area (Å²) in [5.74, 6) is -1.32. The Kier molecular flexibility index (Phi) is 3.66. The maximum absolute atomic E-state index is 12.5. The smallest absolute Gasteiger partial charge is 0.268 e. The largest absolute Gasteiger partial charge is 0.366 e. The van der Waals surface area contributed by atoms with E-state index >= 15 is 0 Å². The van der Waals surface area contributed by atoms with E-state index in [2.05, 4.69) is 10.6 Å². The lowest BCUT2D eigenvalue weighted by atomic mass is 10.0. The Balaban J connectivity index is 1.87. The molecular weight excluding hydrogens is 294 g/mol. The summed E-state index contributed by atoms with van der Waals surface area (Å²) in [5.41, 5.74) is 4.08. The van der Waals surface area contributed by atoms with Crippen LogP contribution in [-0.2, 0) is 9.59 Å². The van der Waals surface area contributed by atoms with Crippen molar-refractivity contribution >= 4 is 24.1 Å². The van der Waals surface area contributed by atoms with E-state index in [4.69, 9.17) is 11.0 Å². The van der Waals surface area contributed by atoms with Gasteiger partial charge in [0.2, 0.25) is 11.6 Å². The van der Waals surface area contributed by atoms with E-state index in [9.17, 15) is 9.59 Å². The normalized spacial score (nSPS) is 25.2. The number of nitriles is 1. The Labute approximate surface area is 133 Å². The van der Waals surface area contributed by atoms with Gasteiger partial charge in [-0.15, -0.1) is 0 Å². The second-order valence-corrected chi connectivity index (χ2v) is 5.76. The number of nitrogens with two attached hydrogens (primary N) is 1. The molecule has 2 aliphatic heterocycles. The second-order valence-electron chi connectivity index (χ2n) is 5.76. The maximum Gasteiger partial charge on any atom is 0.268 e. The van der Waals surface area contributed by atoms with Gasteiger partial charge >= 0.3 is 0 Å². The van der Waals surface area contributed by atoms with Crippen LogP contribution in [-0.4, -0.2) is 35.5 Å².